The standard InChI is InChI=1S/C6H3F6N3O3/c7-4(18-6(10,11)12)5(8,9)14-2-3(1-13-14)15(16)17/h1-2,4H. The summed E-state index contributed by atoms with van der Waals surface area (Å²) in [6.07, 6.45) is -9.31. The molecule has 0 radical (unpaired) electrons. The molecule has 0 bridgehead atoms. The molecule has 18 heavy (non-hydrogen) atoms. The second kappa shape index (κ2) is 4.44. The van der Waals surface area contributed by atoms with Crippen molar-refractivity contribution in [1.29, 1.82) is 0 Å². The van der Waals surface area contributed by atoms with Gasteiger partial charge in [0.1, 0.15) is 12.4 Å². The first-order chi connectivity index (χ1) is 8.04. The molecule has 0 aromatic carbocycles. The van der Waals surface area contributed by atoms with Gasteiger partial charge in [0.15, 0.2) is 0 Å². The van der Waals surface area contributed by atoms with Gasteiger partial charge in [0, 0.05) is 0 Å². The lowest BCUT2D eigenvalue weighted by atomic mass is 10.5. The van der Waals surface area contributed by atoms with E-state index in [4.69, 9.17) is 0 Å². The van der Waals surface area contributed by atoms with E-state index in [1.807, 2.05) is 0 Å². The lowest BCUT2D eigenvalue weighted by molar-refractivity contribution is -0.401. The first-order valence-corrected chi connectivity index (χ1v) is 4.00. The molecule has 0 N–H and O–H groups in total. The number of halogens is 6. The quantitative estimate of drug-likeness (QED) is 0.481. The fraction of sp³-hybridized carbons (Fsp3) is 0.500. The predicted octanol–water partition coefficient (Wildman–Crippen LogP) is 2.17. The fourth-order valence-corrected chi connectivity index (χ4v) is 0.863. The molecule has 6 nitrogen and oxygen atoms in total. The molecule has 0 aliphatic rings. The van der Waals surface area contributed by atoms with Crippen molar-refractivity contribution in [3.63, 3.8) is 0 Å². The van der Waals surface area contributed by atoms with E-state index in [1.54, 1.807) is 0 Å². The highest BCUT2D eigenvalue weighted by atomic mass is 19.4. The van der Waals surface area contributed by atoms with Gasteiger partial charge in [-0.05, 0) is 0 Å². The molecule has 0 saturated heterocycles. The maximum absolute atomic E-state index is 13.0. The molecule has 0 fully saturated rings. The molecule has 1 unspecified atom stereocenters. The van der Waals surface area contributed by atoms with Crippen molar-refractivity contribution in [2.24, 2.45) is 0 Å². The van der Waals surface area contributed by atoms with Gasteiger partial charge in [-0.1, -0.05) is 0 Å². The first-order valence-electron chi connectivity index (χ1n) is 4.00. The summed E-state index contributed by atoms with van der Waals surface area (Å²) in [6, 6.07) is -4.84. The van der Waals surface area contributed by atoms with Crippen LogP contribution in [0.1, 0.15) is 0 Å². The highest BCUT2D eigenvalue weighted by molar-refractivity contribution is 5.21. The summed E-state index contributed by atoms with van der Waals surface area (Å²) in [5, 5.41) is 12.8. The van der Waals surface area contributed by atoms with Crippen molar-refractivity contribution in [1.82, 2.24) is 9.78 Å². The van der Waals surface area contributed by atoms with Crippen LogP contribution in [0.3, 0.4) is 0 Å². The van der Waals surface area contributed by atoms with E-state index < -0.39 is 34.1 Å². The first kappa shape index (κ1) is 14.2. The Morgan fingerprint density at radius 2 is 1.94 bits per heavy atom. The van der Waals surface area contributed by atoms with Crippen LogP contribution in [0.5, 0.6) is 0 Å². The number of aromatic nitrogens is 2. The third-order valence-electron chi connectivity index (χ3n) is 1.60. The van der Waals surface area contributed by atoms with Gasteiger partial charge in [0.25, 0.3) is 6.36 Å². The van der Waals surface area contributed by atoms with Crippen molar-refractivity contribution >= 4 is 5.69 Å². The number of hydrogen-bond acceptors (Lipinski definition) is 4. The SMILES string of the molecule is O=[N+]([O-])c1cnn(C(F)(F)C(F)OC(F)(F)F)c1. The van der Waals surface area contributed by atoms with Crippen molar-refractivity contribution in [3.8, 4) is 0 Å². The van der Waals surface area contributed by atoms with Crippen molar-refractivity contribution in [2.45, 2.75) is 18.8 Å². The van der Waals surface area contributed by atoms with E-state index in [0.717, 1.165) is 0 Å². The van der Waals surface area contributed by atoms with Gasteiger partial charge < -0.3 is 0 Å². The number of nitro groups is 1. The van der Waals surface area contributed by atoms with Crippen LogP contribution in [0.4, 0.5) is 32.0 Å². The van der Waals surface area contributed by atoms with Crippen LogP contribution in [-0.4, -0.2) is 27.4 Å². The second-order valence-electron chi connectivity index (χ2n) is 2.87. The van der Waals surface area contributed by atoms with E-state index in [0.29, 0.717) is 6.20 Å². The highest BCUT2D eigenvalue weighted by Gasteiger charge is 2.50. The van der Waals surface area contributed by atoms with Crippen LogP contribution in [0.25, 0.3) is 0 Å². The number of nitrogens with zero attached hydrogens (tertiary/aromatic N) is 3. The van der Waals surface area contributed by atoms with Crippen LogP contribution >= 0.6 is 0 Å². The molecule has 1 aromatic heterocycles. The summed E-state index contributed by atoms with van der Waals surface area (Å²) in [5.41, 5.74) is -0.936. The van der Waals surface area contributed by atoms with Gasteiger partial charge in [0.2, 0.25) is 0 Å². The Hall–Kier alpha value is -1.85. The monoisotopic (exact) mass is 279 g/mol. The van der Waals surface area contributed by atoms with Crippen LogP contribution < -0.4 is 0 Å². The van der Waals surface area contributed by atoms with Crippen LogP contribution in [0.2, 0.25) is 0 Å². The third-order valence-corrected chi connectivity index (χ3v) is 1.60. The van der Waals surface area contributed by atoms with E-state index in [9.17, 15) is 36.5 Å². The van der Waals surface area contributed by atoms with Crippen LogP contribution in [0, 0.1) is 10.1 Å². The van der Waals surface area contributed by atoms with Gasteiger partial charge in [0.05, 0.1) is 4.92 Å². The maximum Gasteiger partial charge on any atom is 0.525 e. The van der Waals surface area contributed by atoms with Gasteiger partial charge >= 0.3 is 18.1 Å². The average molecular weight is 279 g/mol. The summed E-state index contributed by atoms with van der Waals surface area (Å²) < 4.78 is 75.2. The van der Waals surface area contributed by atoms with Gasteiger partial charge in [-0.15, -0.1) is 13.2 Å². The molecule has 1 aromatic rings. The second-order valence-corrected chi connectivity index (χ2v) is 2.87. The van der Waals surface area contributed by atoms with Gasteiger partial charge in [-0.25, -0.2) is 9.13 Å². The molecule has 1 heterocycles. The number of hydrogen-bond donors (Lipinski definition) is 0. The third kappa shape index (κ3) is 3.09. The maximum atomic E-state index is 13.0. The van der Waals surface area contributed by atoms with Gasteiger partial charge in [-0.2, -0.15) is 18.6 Å². The highest BCUT2D eigenvalue weighted by Crippen LogP contribution is 2.33. The minimum Gasteiger partial charge on any atom is -0.258 e. The molecule has 0 spiro atoms. The fourth-order valence-electron chi connectivity index (χ4n) is 0.863. The molecule has 0 aliphatic carbocycles. The van der Waals surface area contributed by atoms with E-state index in [-0.39, 0.29) is 6.20 Å². The lowest BCUT2D eigenvalue weighted by Crippen LogP contribution is -2.39. The Balaban J connectivity index is 2.93. The van der Waals surface area contributed by atoms with Crippen molar-refractivity contribution in [3.05, 3.63) is 22.5 Å². The summed E-state index contributed by atoms with van der Waals surface area (Å²) in [4.78, 5) is 9.01. The molecule has 1 atom stereocenters. The Morgan fingerprint density at radius 1 is 1.39 bits per heavy atom. The topological polar surface area (TPSA) is 70.2 Å². The number of alkyl halides is 6. The van der Waals surface area contributed by atoms with E-state index >= 15 is 0 Å². The average Bonchev–Trinajstić information content (AvgIpc) is 2.63. The van der Waals surface area contributed by atoms with Crippen molar-refractivity contribution < 1.29 is 36.0 Å². The number of rotatable bonds is 4. The number of ether oxygens (including phenoxy) is 1. The molecule has 1 rings (SSSR count). The Kier molecular flexibility index (Phi) is 3.50. The zero-order valence-electron chi connectivity index (χ0n) is 8.07. The molecular formula is C6H3F6N3O3. The van der Waals surface area contributed by atoms with E-state index in [1.165, 1.54) is 0 Å². The summed E-state index contributed by atoms with van der Waals surface area (Å²) in [6.45, 7) is 0. The van der Waals surface area contributed by atoms with Gasteiger partial charge in [-0.3, -0.25) is 10.1 Å². The lowest BCUT2D eigenvalue weighted by Gasteiger charge is -2.21. The zero-order chi connectivity index (χ0) is 14.1. The summed E-state index contributed by atoms with van der Waals surface area (Å²) >= 11 is 0. The normalized spacial score (nSPS) is 14.6. The summed E-state index contributed by atoms with van der Waals surface area (Å²) in [5.74, 6) is 0. The minimum atomic E-state index is -5.62. The molecule has 102 valence electrons. The Morgan fingerprint density at radius 3 is 2.33 bits per heavy atom. The molecular weight excluding hydrogens is 276 g/mol. The zero-order valence-corrected chi connectivity index (χ0v) is 8.07. The largest absolute Gasteiger partial charge is 0.525 e. The van der Waals surface area contributed by atoms with Crippen molar-refractivity contribution in [2.75, 3.05) is 0 Å². The van der Waals surface area contributed by atoms with E-state index in [2.05, 4.69) is 9.84 Å². The molecule has 0 amide bonds. The Labute approximate surface area is 93.9 Å². The minimum absolute atomic E-state index is 0.0757. The Bertz CT molecular complexity index is 444. The molecule has 0 aliphatic heterocycles. The summed E-state index contributed by atoms with van der Waals surface area (Å²) in [7, 11) is 0. The molecule has 0 saturated carbocycles. The molecule has 12 heteroatoms. The predicted molar refractivity (Wildman–Crippen MR) is 41.1 cm³/mol. The van der Waals surface area contributed by atoms with Crippen LogP contribution in [-0.2, 0) is 10.8 Å². The smallest absolute Gasteiger partial charge is 0.258 e. The van der Waals surface area contributed by atoms with Crippen LogP contribution in [0.15, 0.2) is 12.4 Å².